The fraction of sp³-hybridized carbons (Fsp3) is 0.111. The second-order valence-corrected chi connectivity index (χ2v) is 2.60. The van der Waals surface area contributed by atoms with Crippen LogP contribution in [0, 0.1) is 0 Å². The third-order valence-corrected chi connectivity index (χ3v) is 1.59. The van der Waals surface area contributed by atoms with Crippen LogP contribution in [0.3, 0.4) is 0 Å². The van der Waals surface area contributed by atoms with Gasteiger partial charge in [-0.05, 0) is 10.6 Å². The molecule has 1 N–H and O–H groups in total. The van der Waals surface area contributed by atoms with Crippen LogP contribution >= 0.6 is 0 Å². The van der Waals surface area contributed by atoms with Gasteiger partial charge in [-0.1, -0.05) is 35.5 Å². The smallest absolute Gasteiger partial charge is 0.323 e. The summed E-state index contributed by atoms with van der Waals surface area (Å²) in [4.78, 5) is 17.8. The van der Waals surface area contributed by atoms with Crippen LogP contribution in [0.4, 0.5) is 4.79 Å². The maximum Gasteiger partial charge on any atom is 0.433 e. The third-order valence-electron chi connectivity index (χ3n) is 1.59. The van der Waals surface area contributed by atoms with Crippen molar-refractivity contribution < 1.29 is 9.63 Å². The minimum atomic E-state index is -0.735. The van der Waals surface area contributed by atoms with Crippen LogP contribution in [0.5, 0.6) is 0 Å². The topological polar surface area (TPSA) is 99.5 Å². The molecule has 0 bridgehead atoms. The number of nitrogens with one attached hydrogen (secondary N) is 1. The summed E-state index contributed by atoms with van der Waals surface area (Å²) in [6.45, 7) is 0. The lowest BCUT2D eigenvalue weighted by Gasteiger charge is -1.99. The van der Waals surface area contributed by atoms with E-state index >= 15 is 0 Å². The molecule has 0 radical (unpaired) electrons. The van der Waals surface area contributed by atoms with Gasteiger partial charge in [-0.15, -0.1) is 0 Å². The van der Waals surface area contributed by atoms with Crippen LogP contribution < -0.4 is 5.32 Å². The summed E-state index contributed by atoms with van der Waals surface area (Å²) in [7, 11) is 1.40. The Labute approximate surface area is 91.3 Å². The molecule has 16 heavy (non-hydrogen) atoms. The molecule has 0 aromatic heterocycles. The van der Waals surface area contributed by atoms with E-state index in [1.807, 2.05) is 0 Å². The van der Waals surface area contributed by atoms with Crippen molar-refractivity contribution in [1.82, 2.24) is 5.32 Å². The van der Waals surface area contributed by atoms with Gasteiger partial charge in [0, 0.05) is 17.5 Å². The summed E-state index contributed by atoms with van der Waals surface area (Å²) in [6, 6.07) is 8.66. The Morgan fingerprint density at radius 3 is 2.69 bits per heavy atom. The Hall–Kier alpha value is -2.53. The van der Waals surface area contributed by atoms with E-state index in [1.165, 1.54) is 7.05 Å². The molecule has 0 spiro atoms. The number of benzene rings is 1. The van der Waals surface area contributed by atoms with Gasteiger partial charge in [0.1, 0.15) is 0 Å². The average Bonchev–Trinajstić information content (AvgIpc) is 2.35. The van der Waals surface area contributed by atoms with Crippen LogP contribution in [0.1, 0.15) is 5.56 Å². The standard InChI is InChI=1S/C9H9N5O2/c1-11-9(15)16-13-8(12-14-10)7-5-3-2-4-6-7/h2-6H,1H3,(H,11,15)/b13-8-. The highest BCUT2D eigenvalue weighted by Gasteiger charge is 2.02. The molecule has 1 amide bonds. The monoisotopic (exact) mass is 219 g/mol. The number of rotatable bonds is 2. The van der Waals surface area contributed by atoms with Crippen molar-refractivity contribution in [1.29, 1.82) is 0 Å². The first-order valence-corrected chi connectivity index (χ1v) is 4.35. The van der Waals surface area contributed by atoms with Crippen LogP contribution in [0.25, 0.3) is 10.4 Å². The number of azide groups is 1. The van der Waals surface area contributed by atoms with Crippen molar-refractivity contribution in [3.63, 3.8) is 0 Å². The summed E-state index contributed by atoms with van der Waals surface area (Å²) in [6.07, 6.45) is -0.735. The van der Waals surface area contributed by atoms with E-state index in [0.717, 1.165) is 0 Å². The second-order valence-electron chi connectivity index (χ2n) is 2.60. The lowest BCUT2D eigenvalue weighted by atomic mass is 10.2. The van der Waals surface area contributed by atoms with E-state index in [2.05, 4.69) is 25.3 Å². The number of carbonyl (C=O) groups excluding carboxylic acids is 1. The molecule has 0 aliphatic rings. The third kappa shape index (κ3) is 3.32. The van der Waals surface area contributed by atoms with Crippen molar-refractivity contribution in [3.8, 4) is 0 Å². The summed E-state index contributed by atoms with van der Waals surface area (Å²) in [5, 5.41) is 8.98. The van der Waals surface area contributed by atoms with Crippen LogP contribution in [0.2, 0.25) is 0 Å². The highest BCUT2D eigenvalue weighted by molar-refractivity contribution is 5.99. The van der Waals surface area contributed by atoms with Gasteiger partial charge in [0.05, 0.1) is 0 Å². The Bertz CT molecular complexity index is 436. The molecule has 0 saturated carbocycles. The maximum absolute atomic E-state index is 10.8. The lowest BCUT2D eigenvalue weighted by Crippen LogP contribution is -2.17. The van der Waals surface area contributed by atoms with Gasteiger partial charge < -0.3 is 5.32 Å². The molecule has 1 aromatic rings. The minimum absolute atomic E-state index is 0.00769. The molecule has 1 aromatic carbocycles. The lowest BCUT2D eigenvalue weighted by molar-refractivity contribution is 0.153. The van der Waals surface area contributed by atoms with Crippen LogP contribution in [-0.4, -0.2) is 19.0 Å². The van der Waals surface area contributed by atoms with Gasteiger partial charge in [-0.2, -0.15) is 0 Å². The first-order chi connectivity index (χ1) is 7.77. The molecule has 1 rings (SSSR count). The number of amidine groups is 1. The number of hydrogen-bond donors (Lipinski definition) is 1. The summed E-state index contributed by atoms with van der Waals surface area (Å²) < 4.78 is 0. The number of oxime groups is 1. The van der Waals surface area contributed by atoms with Gasteiger partial charge in [-0.25, -0.2) is 4.79 Å². The summed E-state index contributed by atoms with van der Waals surface area (Å²) in [5.74, 6) is -0.00769. The highest BCUT2D eigenvalue weighted by atomic mass is 16.7. The molecule has 0 aliphatic carbocycles. The molecule has 7 heteroatoms. The Morgan fingerprint density at radius 1 is 1.44 bits per heavy atom. The summed E-state index contributed by atoms with van der Waals surface area (Å²) in [5.41, 5.74) is 8.90. The van der Waals surface area contributed by atoms with Gasteiger partial charge >= 0.3 is 6.09 Å². The quantitative estimate of drug-likeness (QED) is 0.156. The number of nitrogens with zero attached hydrogens (tertiary/aromatic N) is 4. The van der Waals surface area contributed by atoms with Crippen molar-refractivity contribution in [2.45, 2.75) is 0 Å². The Balaban J connectivity index is 2.92. The molecule has 0 heterocycles. The molecule has 7 nitrogen and oxygen atoms in total. The SMILES string of the molecule is CNC(=O)O/N=C(\N=[N+]=[N-])c1ccccc1. The van der Waals surface area contributed by atoms with E-state index in [-0.39, 0.29) is 5.84 Å². The van der Waals surface area contributed by atoms with Gasteiger partial charge in [0.25, 0.3) is 0 Å². The highest BCUT2D eigenvalue weighted by Crippen LogP contribution is 2.03. The van der Waals surface area contributed by atoms with Crippen molar-refractivity contribution >= 4 is 11.9 Å². The van der Waals surface area contributed by atoms with Crippen molar-refractivity contribution in [2.24, 2.45) is 10.3 Å². The summed E-state index contributed by atoms with van der Waals surface area (Å²) >= 11 is 0. The zero-order valence-electron chi connectivity index (χ0n) is 8.49. The van der Waals surface area contributed by atoms with Gasteiger partial charge in [0.2, 0.25) is 0 Å². The average molecular weight is 219 g/mol. The molecular weight excluding hydrogens is 210 g/mol. The van der Waals surface area contributed by atoms with E-state index in [1.54, 1.807) is 30.3 Å². The molecular formula is C9H9N5O2. The first kappa shape index (κ1) is 11.5. The Morgan fingerprint density at radius 2 is 2.12 bits per heavy atom. The van der Waals surface area contributed by atoms with Crippen LogP contribution in [-0.2, 0) is 4.84 Å². The molecule has 0 aliphatic heterocycles. The Kier molecular flexibility index (Phi) is 4.36. The largest absolute Gasteiger partial charge is 0.433 e. The molecule has 82 valence electrons. The first-order valence-electron chi connectivity index (χ1n) is 4.35. The zero-order valence-corrected chi connectivity index (χ0v) is 8.49. The second kappa shape index (κ2) is 6.05. The zero-order chi connectivity index (χ0) is 11.8. The fourth-order valence-corrected chi connectivity index (χ4v) is 0.889. The molecule has 0 saturated heterocycles. The molecule has 0 fully saturated rings. The molecule has 0 atom stereocenters. The predicted octanol–water partition coefficient (Wildman–Crippen LogP) is 2.01. The van der Waals surface area contributed by atoms with Crippen molar-refractivity contribution in [2.75, 3.05) is 7.05 Å². The van der Waals surface area contributed by atoms with Gasteiger partial charge in [-0.3, -0.25) is 4.84 Å². The maximum atomic E-state index is 10.8. The van der Waals surface area contributed by atoms with Gasteiger partial charge in [0.15, 0.2) is 5.84 Å². The van der Waals surface area contributed by atoms with E-state index in [0.29, 0.717) is 5.56 Å². The van der Waals surface area contributed by atoms with E-state index < -0.39 is 6.09 Å². The number of hydrogen-bond acceptors (Lipinski definition) is 3. The predicted molar refractivity (Wildman–Crippen MR) is 57.7 cm³/mol. The number of carbonyl (C=O) groups is 1. The molecule has 0 unspecified atom stereocenters. The van der Waals surface area contributed by atoms with Crippen molar-refractivity contribution in [3.05, 3.63) is 46.3 Å². The number of amides is 1. The normalized spacial score (nSPS) is 10.2. The van der Waals surface area contributed by atoms with E-state index in [9.17, 15) is 4.79 Å². The van der Waals surface area contributed by atoms with E-state index in [4.69, 9.17) is 5.53 Å². The minimum Gasteiger partial charge on any atom is -0.323 e. The van der Waals surface area contributed by atoms with Crippen LogP contribution in [0.15, 0.2) is 40.6 Å². The fourth-order valence-electron chi connectivity index (χ4n) is 0.889.